The number of carbonyl (C=O) groups excluding carboxylic acids is 1. The predicted octanol–water partition coefficient (Wildman–Crippen LogP) is 4.93. The van der Waals surface area contributed by atoms with Crippen molar-refractivity contribution in [1.29, 1.82) is 0 Å². The number of nitrogens with one attached hydrogen (secondary N) is 1. The van der Waals surface area contributed by atoms with Crippen molar-refractivity contribution < 1.29 is 27.8 Å². The molecule has 9 heteroatoms. The van der Waals surface area contributed by atoms with Crippen LogP contribution in [-0.4, -0.2) is 33.7 Å². The molecule has 1 aromatic carbocycles. The minimum absolute atomic E-state index is 0.102. The minimum atomic E-state index is -3.06. The summed E-state index contributed by atoms with van der Waals surface area (Å²) < 4.78 is 36.1. The van der Waals surface area contributed by atoms with Crippen molar-refractivity contribution >= 4 is 28.5 Å². The third kappa shape index (κ3) is 3.64. The first-order valence-corrected chi connectivity index (χ1v) is 10.3. The highest BCUT2D eigenvalue weighted by Crippen LogP contribution is 2.50. The van der Waals surface area contributed by atoms with Crippen molar-refractivity contribution in [2.75, 3.05) is 0 Å². The molecule has 31 heavy (non-hydrogen) atoms. The van der Waals surface area contributed by atoms with Crippen molar-refractivity contribution in [2.24, 2.45) is 0 Å². The van der Waals surface area contributed by atoms with E-state index < -0.39 is 17.8 Å². The molecule has 162 valence electrons. The maximum Gasteiger partial charge on any atom is 0.388 e. The third-order valence-corrected chi connectivity index (χ3v) is 6.47. The van der Waals surface area contributed by atoms with E-state index in [9.17, 15) is 18.7 Å². The lowest BCUT2D eigenvalue weighted by molar-refractivity contribution is -0.0524. The Morgan fingerprint density at radius 2 is 2.00 bits per heavy atom. The Morgan fingerprint density at radius 1 is 1.23 bits per heavy atom. The van der Waals surface area contributed by atoms with Gasteiger partial charge >= 0.3 is 6.61 Å². The molecule has 5 rings (SSSR count). The zero-order chi connectivity index (χ0) is 21.8. The van der Waals surface area contributed by atoms with Crippen LogP contribution in [0.4, 0.5) is 8.78 Å². The zero-order valence-electron chi connectivity index (χ0n) is 16.3. The summed E-state index contributed by atoms with van der Waals surface area (Å²) in [5, 5.41) is 14.3. The number of aliphatic hydroxyl groups is 1. The van der Waals surface area contributed by atoms with Gasteiger partial charge in [-0.1, -0.05) is 29.8 Å². The molecule has 1 amide bonds. The van der Waals surface area contributed by atoms with Crippen molar-refractivity contribution in [3.8, 4) is 17.0 Å². The third-order valence-electron chi connectivity index (χ3n) is 6.26. The molecule has 0 saturated heterocycles. The fourth-order valence-corrected chi connectivity index (χ4v) is 4.99. The Balaban J connectivity index is 1.51. The molecule has 2 fully saturated rings. The van der Waals surface area contributed by atoms with Crippen molar-refractivity contribution in [1.82, 2.24) is 10.3 Å². The van der Waals surface area contributed by atoms with Gasteiger partial charge < -0.3 is 19.6 Å². The number of fused-ring (bicyclic) bond motifs is 3. The maximum absolute atomic E-state index is 12.9. The Bertz CT molecular complexity index is 1170. The van der Waals surface area contributed by atoms with Gasteiger partial charge in [0.15, 0.2) is 5.76 Å². The van der Waals surface area contributed by atoms with E-state index in [4.69, 9.17) is 16.0 Å². The number of hydrogen-bond donors (Lipinski definition) is 2. The first-order chi connectivity index (χ1) is 14.8. The van der Waals surface area contributed by atoms with Crippen LogP contribution in [0.15, 0.2) is 40.9 Å². The van der Waals surface area contributed by atoms with Gasteiger partial charge in [-0.2, -0.15) is 8.78 Å². The number of carbonyl (C=O) groups is 1. The summed E-state index contributed by atoms with van der Waals surface area (Å²) in [6, 6.07) is 8.19. The second-order valence-corrected chi connectivity index (χ2v) is 8.79. The van der Waals surface area contributed by atoms with Crippen LogP contribution in [0.2, 0.25) is 5.02 Å². The number of benzene rings is 1. The van der Waals surface area contributed by atoms with E-state index in [2.05, 4.69) is 15.0 Å². The quantitative estimate of drug-likeness (QED) is 0.578. The molecular weight excluding hydrogens is 430 g/mol. The number of pyridine rings is 1. The number of rotatable bonds is 5. The first kappa shape index (κ1) is 20.2. The molecule has 2 saturated carbocycles. The van der Waals surface area contributed by atoms with Gasteiger partial charge in [-0.25, -0.2) is 4.98 Å². The molecule has 6 nitrogen and oxygen atoms in total. The predicted molar refractivity (Wildman–Crippen MR) is 109 cm³/mol. The van der Waals surface area contributed by atoms with Crippen molar-refractivity contribution in [2.45, 2.75) is 49.9 Å². The number of halogens is 3. The maximum atomic E-state index is 12.9. The number of furan rings is 1. The number of alkyl halides is 2. The van der Waals surface area contributed by atoms with Crippen LogP contribution in [0, 0.1) is 0 Å². The number of amides is 1. The summed E-state index contributed by atoms with van der Waals surface area (Å²) in [5.74, 6) is -0.559. The average Bonchev–Trinajstić information content (AvgIpc) is 3.39. The summed E-state index contributed by atoms with van der Waals surface area (Å²) >= 11 is 6.03. The molecule has 3 aromatic rings. The highest BCUT2D eigenvalue weighted by Gasteiger charge is 2.54. The summed E-state index contributed by atoms with van der Waals surface area (Å²) in [6.07, 6.45) is 4.55. The topological polar surface area (TPSA) is 84.6 Å². The van der Waals surface area contributed by atoms with Crippen LogP contribution in [0.5, 0.6) is 5.88 Å². The van der Waals surface area contributed by atoms with E-state index in [1.807, 2.05) is 0 Å². The molecule has 0 aliphatic heterocycles. The fraction of sp³-hybridized carbons (Fsp3) is 0.364. The van der Waals surface area contributed by atoms with Crippen LogP contribution in [0.3, 0.4) is 0 Å². The highest BCUT2D eigenvalue weighted by atomic mass is 35.5. The van der Waals surface area contributed by atoms with Gasteiger partial charge in [0.1, 0.15) is 5.58 Å². The molecule has 2 heterocycles. The van der Waals surface area contributed by atoms with E-state index in [-0.39, 0.29) is 28.1 Å². The summed E-state index contributed by atoms with van der Waals surface area (Å²) in [4.78, 5) is 16.8. The molecule has 0 atom stereocenters. The van der Waals surface area contributed by atoms with Crippen LogP contribution >= 0.6 is 11.6 Å². The highest BCUT2D eigenvalue weighted by molar-refractivity contribution is 6.30. The SMILES string of the molecule is O=C(NC12CCC(O)(CC1)C2)c1cc2cccc(-c3cc(Cl)cnc3OC(F)F)c2o1. The summed E-state index contributed by atoms with van der Waals surface area (Å²) in [5.41, 5.74) is -0.105. The molecule has 2 N–H and O–H groups in total. The largest absolute Gasteiger partial charge is 0.450 e. The number of hydrogen-bond acceptors (Lipinski definition) is 5. The molecule has 2 aliphatic rings. The molecule has 2 bridgehead atoms. The Kier molecular flexibility index (Phi) is 4.67. The molecule has 0 unspecified atom stereocenters. The van der Waals surface area contributed by atoms with Gasteiger partial charge in [0.2, 0.25) is 5.88 Å². The Morgan fingerprint density at radius 3 is 2.68 bits per heavy atom. The summed E-state index contributed by atoms with van der Waals surface area (Å²) in [6.45, 7) is -3.06. The smallest absolute Gasteiger partial charge is 0.388 e. The van der Waals surface area contributed by atoms with E-state index in [0.29, 0.717) is 35.8 Å². The van der Waals surface area contributed by atoms with Gasteiger partial charge in [-0.3, -0.25) is 4.79 Å². The number of para-hydroxylation sites is 1. The molecule has 0 spiro atoms. The number of ether oxygens (including phenoxy) is 1. The number of aromatic nitrogens is 1. The molecular formula is C22H19ClF2N2O4. The minimum Gasteiger partial charge on any atom is -0.450 e. The van der Waals surface area contributed by atoms with Crippen LogP contribution in [0.25, 0.3) is 22.1 Å². The van der Waals surface area contributed by atoms with Gasteiger partial charge in [-0.05, 0) is 44.2 Å². The average molecular weight is 449 g/mol. The first-order valence-electron chi connectivity index (χ1n) is 9.94. The van der Waals surface area contributed by atoms with E-state index in [1.54, 1.807) is 24.3 Å². The van der Waals surface area contributed by atoms with E-state index in [1.165, 1.54) is 12.3 Å². The fourth-order valence-electron chi connectivity index (χ4n) is 4.83. The van der Waals surface area contributed by atoms with E-state index >= 15 is 0 Å². The standard InChI is InChI=1S/C22H19ClF2N2O4/c23-13-9-15(19(26-10-13)31-20(24)25)14-3-1-2-12-8-16(30-17(12)14)18(28)27-21-4-6-22(29,11-21)7-5-21/h1-3,8-10,20,29H,4-7,11H2,(H,27,28). The number of nitrogens with zero attached hydrogens (tertiary/aromatic N) is 1. The van der Waals surface area contributed by atoms with Crippen molar-refractivity contribution in [3.05, 3.63) is 47.3 Å². The molecule has 2 aromatic heterocycles. The zero-order valence-corrected chi connectivity index (χ0v) is 17.1. The van der Waals surface area contributed by atoms with E-state index in [0.717, 1.165) is 12.8 Å². The van der Waals surface area contributed by atoms with Crippen LogP contribution in [-0.2, 0) is 0 Å². The lowest BCUT2D eigenvalue weighted by Crippen LogP contribution is -2.44. The second kappa shape index (κ2) is 7.17. The molecule has 0 radical (unpaired) electrons. The van der Waals surface area contributed by atoms with Crippen molar-refractivity contribution in [3.63, 3.8) is 0 Å². The summed E-state index contributed by atoms with van der Waals surface area (Å²) in [7, 11) is 0. The second-order valence-electron chi connectivity index (χ2n) is 8.35. The lowest BCUT2D eigenvalue weighted by Gasteiger charge is -2.27. The van der Waals surface area contributed by atoms with Crippen LogP contribution < -0.4 is 10.1 Å². The lowest BCUT2D eigenvalue weighted by atomic mass is 9.92. The van der Waals surface area contributed by atoms with Gasteiger partial charge in [0, 0.05) is 28.2 Å². The van der Waals surface area contributed by atoms with Gasteiger partial charge in [0.05, 0.1) is 10.6 Å². The Labute approximate surface area is 181 Å². The van der Waals surface area contributed by atoms with Crippen LogP contribution in [0.1, 0.15) is 42.7 Å². The van der Waals surface area contributed by atoms with Gasteiger partial charge in [0.25, 0.3) is 5.91 Å². The normalized spacial score (nSPS) is 24.8. The Hall–Kier alpha value is -2.71. The van der Waals surface area contributed by atoms with Gasteiger partial charge in [-0.15, -0.1) is 0 Å². The monoisotopic (exact) mass is 448 g/mol. The molecule has 2 aliphatic carbocycles.